The van der Waals surface area contributed by atoms with E-state index in [-0.39, 0.29) is 5.97 Å². The first-order valence-electron chi connectivity index (χ1n) is 6.46. The SMILES string of the molecule is O=C(CCc1ccc(NO)cc1)OCc1ccccc1. The molecule has 0 spiro atoms. The van der Waals surface area contributed by atoms with Crippen LogP contribution in [0.4, 0.5) is 5.69 Å². The van der Waals surface area contributed by atoms with Crippen LogP contribution < -0.4 is 5.48 Å². The Labute approximate surface area is 118 Å². The Kier molecular flexibility index (Phi) is 5.15. The van der Waals surface area contributed by atoms with Crippen LogP contribution in [0.5, 0.6) is 0 Å². The van der Waals surface area contributed by atoms with Crippen molar-refractivity contribution in [1.29, 1.82) is 0 Å². The van der Waals surface area contributed by atoms with Crippen LogP contribution in [0.3, 0.4) is 0 Å². The third kappa shape index (κ3) is 4.40. The van der Waals surface area contributed by atoms with Crippen molar-refractivity contribution in [1.82, 2.24) is 0 Å². The number of rotatable bonds is 6. The predicted molar refractivity (Wildman–Crippen MR) is 76.4 cm³/mol. The maximum atomic E-state index is 11.6. The van der Waals surface area contributed by atoms with E-state index in [4.69, 9.17) is 9.94 Å². The van der Waals surface area contributed by atoms with Crippen molar-refractivity contribution < 1.29 is 14.7 Å². The molecule has 0 atom stereocenters. The van der Waals surface area contributed by atoms with E-state index in [2.05, 4.69) is 5.48 Å². The van der Waals surface area contributed by atoms with E-state index in [1.54, 1.807) is 12.1 Å². The van der Waals surface area contributed by atoms with Crippen molar-refractivity contribution in [2.75, 3.05) is 5.48 Å². The van der Waals surface area contributed by atoms with E-state index >= 15 is 0 Å². The van der Waals surface area contributed by atoms with Crippen LogP contribution >= 0.6 is 0 Å². The average Bonchev–Trinajstić information content (AvgIpc) is 2.52. The number of aryl methyl sites for hydroxylation is 1. The smallest absolute Gasteiger partial charge is 0.306 e. The van der Waals surface area contributed by atoms with Crippen LogP contribution in [0.25, 0.3) is 0 Å². The van der Waals surface area contributed by atoms with Gasteiger partial charge in [0.15, 0.2) is 0 Å². The number of hydrogen-bond donors (Lipinski definition) is 2. The average molecular weight is 271 g/mol. The minimum absolute atomic E-state index is 0.210. The third-order valence-corrected chi connectivity index (χ3v) is 2.94. The Morgan fingerprint density at radius 3 is 2.35 bits per heavy atom. The van der Waals surface area contributed by atoms with Crippen LogP contribution in [-0.2, 0) is 22.6 Å². The quantitative estimate of drug-likeness (QED) is 0.626. The highest BCUT2D eigenvalue weighted by atomic mass is 16.5. The van der Waals surface area contributed by atoms with E-state index < -0.39 is 0 Å². The van der Waals surface area contributed by atoms with Gasteiger partial charge < -0.3 is 4.74 Å². The van der Waals surface area contributed by atoms with Gasteiger partial charge in [0, 0.05) is 6.42 Å². The van der Waals surface area contributed by atoms with E-state index in [0.717, 1.165) is 11.1 Å². The first-order valence-corrected chi connectivity index (χ1v) is 6.46. The second-order valence-corrected chi connectivity index (χ2v) is 4.46. The third-order valence-electron chi connectivity index (χ3n) is 2.94. The molecule has 20 heavy (non-hydrogen) atoms. The highest BCUT2D eigenvalue weighted by Crippen LogP contribution is 2.11. The number of benzene rings is 2. The van der Waals surface area contributed by atoms with Crippen molar-refractivity contribution in [2.24, 2.45) is 0 Å². The lowest BCUT2D eigenvalue weighted by Gasteiger charge is -2.05. The lowest BCUT2D eigenvalue weighted by atomic mass is 10.1. The fourth-order valence-corrected chi connectivity index (χ4v) is 1.80. The van der Waals surface area contributed by atoms with Crippen LogP contribution in [0, 0.1) is 0 Å². The second kappa shape index (κ2) is 7.31. The van der Waals surface area contributed by atoms with E-state index in [1.807, 2.05) is 42.5 Å². The number of anilines is 1. The van der Waals surface area contributed by atoms with Gasteiger partial charge in [-0.05, 0) is 29.7 Å². The topological polar surface area (TPSA) is 58.6 Å². The van der Waals surface area contributed by atoms with Gasteiger partial charge in [0.05, 0.1) is 5.69 Å². The Balaban J connectivity index is 1.74. The molecule has 0 unspecified atom stereocenters. The highest BCUT2D eigenvalue weighted by molar-refractivity contribution is 5.69. The summed E-state index contributed by atoms with van der Waals surface area (Å²) in [5.41, 5.74) is 4.71. The second-order valence-electron chi connectivity index (χ2n) is 4.46. The molecule has 0 radical (unpaired) electrons. The van der Waals surface area contributed by atoms with Gasteiger partial charge >= 0.3 is 5.97 Å². The molecule has 0 amide bonds. The number of ether oxygens (including phenoxy) is 1. The van der Waals surface area contributed by atoms with Gasteiger partial charge in [0.2, 0.25) is 0 Å². The van der Waals surface area contributed by atoms with Gasteiger partial charge in [-0.1, -0.05) is 42.5 Å². The molecule has 0 saturated heterocycles. The summed E-state index contributed by atoms with van der Waals surface area (Å²) in [6.07, 6.45) is 0.970. The molecule has 0 aliphatic rings. The summed E-state index contributed by atoms with van der Waals surface area (Å²) in [7, 11) is 0. The van der Waals surface area contributed by atoms with Crippen LogP contribution in [0.2, 0.25) is 0 Å². The Bertz CT molecular complexity index is 537. The first kappa shape index (κ1) is 14.1. The fourth-order valence-electron chi connectivity index (χ4n) is 1.80. The summed E-state index contributed by atoms with van der Waals surface area (Å²) in [6, 6.07) is 16.8. The normalized spacial score (nSPS) is 10.1. The Morgan fingerprint density at radius 2 is 1.70 bits per heavy atom. The van der Waals surface area contributed by atoms with E-state index in [1.165, 1.54) is 0 Å². The highest BCUT2D eigenvalue weighted by Gasteiger charge is 2.04. The summed E-state index contributed by atoms with van der Waals surface area (Å²) in [6.45, 7) is 0.313. The molecule has 0 aromatic heterocycles. The molecule has 0 bridgehead atoms. The molecule has 0 saturated carbocycles. The molecule has 2 aromatic carbocycles. The number of esters is 1. The zero-order valence-electron chi connectivity index (χ0n) is 11.1. The zero-order chi connectivity index (χ0) is 14.2. The van der Waals surface area contributed by atoms with Crippen molar-refractivity contribution in [3.63, 3.8) is 0 Å². The molecular weight excluding hydrogens is 254 g/mol. The van der Waals surface area contributed by atoms with E-state index in [9.17, 15) is 4.79 Å². The number of nitrogens with one attached hydrogen (secondary N) is 1. The standard InChI is InChI=1S/C16H17NO3/c18-16(20-12-14-4-2-1-3-5-14)11-8-13-6-9-15(17-19)10-7-13/h1-7,9-10,17,19H,8,11-12H2. The molecule has 0 aliphatic carbocycles. The van der Waals surface area contributed by atoms with Gasteiger partial charge in [0.1, 0.15) is 6.61 Å². The Hall–Kier alpha value is -2.33. The lowest BCUT2D eigenvalue weighted by Crippen LogP contribution is -2.05. The largest absolute Gasteiger partial charge is 0.461 e. The summed E-state index contributed by atoms with van der Waals surface area (Å²) in [5, 5.41) is 8.70. The molecular formula is C16H17NO3. The summed E-state index contributed by atoms with van der Waals surface area (Å²) < 4.78 is 5.20. The van der Waals surface area contributed by atoms with Crippen molar-refractivity contribution in [2.45, 2.75) is 19.4 Å². The van der Waals surface area contributed by atoms with Gasteiger partial charge in [-0.3, -0.25) is 15.5 Å². The van der Waals surface area contributed by atoms with Gasteiger partial charge in [0.25, 0.3) is 0 Å². The zero-order valence-corrected chi connectivity index (χ0v) is 11.1. The van der Waals surface area contributed by atoms with Crippen LogP contribution in [0.15, 0.2) is 54.6 Å². The molecule has 0 fully saturated rings. The molecule has 2 rings (SSSR count). The molecule has 4 nitrogen and oxygen atoms in total. The van der Waals surface area contributed by atoms with Crippen molar-refractivity contribution >= 4 is 11.7 Å². The molecule has 104 valence electrons. The minimum atomic E-state index is -0.210. The van der Waals surface area contributed by atoms with Gasteiger partial charge in [-0.2, -0.15) is 0 Å². The first-order chi connectivity index (χ1) is 9.78. The molecule has 0 heterocycles. The van der Waals surface area contributed by atoms with Crippen molar-refractivity contribution in [3.8, 4) is 0 Å². The molecule has 2 aromatic rings. The summed E-state index contributed by atoms with van der Waals surface area (Å²) in [5.74, 6) is -0.210. The fraction of sp³-hybridized carbons (Fsp3) is 0.188. The summed E-state index contributed by atoms with van der Waals surface area (Å²) in [4.78, 5) is 11.6. The maximum Gasteiger partial charge on any atom is 0.306 e. The van der Waals surface area contributed by atoms with Gasteiger partial charge in [-0.15, -0.1) is 0 Å². The van der Waals surface area contributed by atoms with Crippen molar-refractivity contribution in [3.05, 3.63) is 65.7 Å². The maximum absolute atomic E-state index is 11.6. The number of carbonyl (C=O) groups excluding carboxylic acids is 1. The monoisotopic (exact) mass is 271 g/mol. The van der Waals surface area contributed by atoms with Crippen LogP contribution in [-0.4, -0.2) is 11.2 Å². The summed E-state index contributed by atoms with van der Waals surface area (Å²) >= 11 is 0. The lowest BCUT2D eigenvalue weighted by molar-refractivity contribution is -0.144. The van der Waals surface area contributed by atoms with E-state index in [0.29, 0.717) is 25.1 Å². The number of carbonyl (C=O) groups is 1. The van der Waals surface area contributed by atoms with Gasteiger partial charge in [-0.25, -0.2) is 0 Å². The molecule has 2 N–H and O–H groups in total. The Morgan fingerprint density at radius 1 is 1.00 bits per heavy atom. The molecule has 0 aliphatic heterocycles. The minimum Gasteiger partial charge on any atom is -0.461 e. The number of hydrogen-bond acceptors (Lipinski definition) is 4. The molecule has 4 heteroatoms. The predicted octanol–water partition coefficient (Wildman–Crippen LogP) is 3.16. The van der Waals surface area contributed by atoms with Crippen LogP contribution in [0.1, 0.15) is 17.5 Å².